The lowest BCUT2D eigenvalue weighted by Crippen LogP contribution is -2.19. The number of benzene rings is 1. The molecule has 3 aromatic rings. The molecule has 0 radical (unpaired) electrons. The quantitative estimate of drug-likeness (QED) is 0.486. The summed E-state index contributed by atoms with van der Waals surface area (Å²) in [4.78, 5) is 13.0. The predicted molar refractivity (Wildman–Crippen MR) is 119 cm³/mol. The summed E-state index contributed by atoms with van der Waals surface area (Å²) in [5.74, 6) is -0.710. The Morgan fingerprint density at radius 3 is 2.71 bits per heavy atom. The number of sulfonamides is 1. The van der Waals surface area contributed by atoms with Crippen molar-refractivity contribution >= 4 is 50.4 Å². The molecule has 164 valence electrons. The summed E-state index contributed by atoms with van der Waals surface area (Å²) in [7, 11) is -4.12. The zero-order chi connectivity index (χ0) is 22.3. The lowest BCUT2D eigenvalue weighted by atomic mass is 10.0. The van der Waals surface area contributed by atoms with Gasteiger partial charge >= 0.3 is 0 Å². The number of amides is 1. The highest BCUT2D eigenvalue weighted by molar-refractivity contribution is 7.93. The Bertz CT molecular complexity index is 1260. The third kappa shape index (κ3) is 4.62. The van der Waals surface area contributed by atoms with Gasteiger partial charge in [0.2, 0.25) is 0 Å². The molecule has 31 heavy (non-hydrogen) atoms. The van der Waals surface area contributed by atoms with Crippen LogP contribution in [0.1, 0.15) is 32.1 Å². The van der Waals surface area contributed by atoms with Gasteiger partial charge in [-0.1, -0.05) is 34.5 Å². The van der Waals surface area contributed by atoms with Crippen molar-refractivity contribution in [3.63, 3.8) is 0 Å². The smallest absolute Gasteiger partial charge is 0.267 e. The normalized spacial score (nSPS) is 15.7. The molecule has 1 unspecified atom stereocenters. The number of carbonyl (C=O) groups excluding carboxylic acids is 1. The van der Waals surface area contributed by atoms with Crippen LogP contribution in [0.3, 0.4) is 0 Å². The van der Waals surface area contributed by atoms with E-state index in [9.17, 15) is 13.2 Å². The minimum Gasteiger partial charge on any atom is -0.373 e. The highest BCUT2D eigenvalue weighted by Crippen LogP contribution is 2.32. The first-order chi connectivity index (χ1) is 14.7. The molecular formula is C20H20ClN3O5S2. The number of hydrogen-bond donors (Lipinski definition) is 2. The number of epoxide rings is 1. The molecule has 2 N–H and O–H groups in total. The second-order valence-electron chi connectivity index (χ2n) is 7.36. The number of ether oxygens (including phenoxy) is 1. The van der Waals surface area contributed by atoms with Gasteiger partial charge in [0, 0.05) is 12.1 Å². The Balaban J connectivity index is 1.62. The standard InChI is InChI=1S/C20H20ClN3O5S2/c1-10-6-11(2)17(13(7-10)8-14-9-28-14)22-19(25)18-15(4-5-30-18)31(26,27)24-20-16(21)12(3)23-29-20/h4-7,14,24H,8-9H2,1-3H3,(H,22,25). The van der Waals surface area contributed by atoms with Crippen molar-refractivity contribution < 1.29 is 22.5 Å². The van der Waals surface area contributed by atoms with E-state index in [1.807, 2.05) is 26.0 Å². The Kier molecular flexibility index (Phi) is 5.82. The Labute approximate surface area is 188 Å². The zero-order valence-corrected chi connectivity index (χ0v) is 19.4. The van der Waals surface area contributed by atoms with Gasteiger partial charge in [-0.25, -0.2) is 13.1 Å². The van der Waals surface area contributed by atoms with E-state index in [1.165, 1.54) is 11.4 Å². The molecule has 1 saturated heterocycles. The van der Waals surface area contributed by atoms with E-state index in [-0.39, 0.29) is 26.8 Å². The fraction of sp³-hybridized carbons (Fsp3) is 0.300. The number of nitrogens with zero attached hydrogens (tertiary/aromatic N) is 1. The second kappa shape index (κ2) is 8.27. The molecule has 0 saturated carbocycles. The van der Waals surface area contributed by atoms with Crippen molar-refractivity contribution in [3.05, 3.63) is 55.9 Å². The summed E-state index contributed by atoms with van der Waals surface area (Å²) in [6, 6.07) is 5.33. The van der Waals surface area contributed by atoms with Crippen molar-refractivity contribution in [3.8, 4) is 0 Å². The van der Waals surface area contributed by atoms with Crippen LogP contribution in [0, 0.1) is 20.8 Å². The average molecular weight is 482 g/mol. The monoisotopic (exact) mass is 481 g/mol. The molecule has 1 amide bonds. The number of anilines is 2. The number of carbonyl (C=O) groups is 1. The van der Waals surface area contributed by atoms with Gasteiger partial charge in [-0.15, -0.1) is 11.3 Å². The second-order valence-corrected chi connectivity index (χ2v) is 10.3. The minimum atomic E-state index is -4.12. The van der Waals surface area contributed by atoms with Crippen molar-refractivity contribution in [2.24, 2.45) is 0 Å². The molecule has 2 aromatic heterocycles. The van der Waals surface area contributed by atoms with E-state index in [4.69, 9.17) is 20.9 Å². The minimum absolute atomic E-state index is 0.0495. The summed E-state index contributed by atoms with van der Waals surface area (Å²) in [6.45, 7) is 6.17. The van der Waals surface area contributed by atoms with E-state index in [1.54, 1.807) is 6.92 Å². The Morgan fingerprint density at radius 2 is 2.06 bits per heavy atom. The molecule has 3 heterocycles. The van der Waals surface area contributed by atoms with E-state index < -0.39 is 15.9 Å². The van der Waals surface area contributed by atoms with Gasteiger partial charge in [0.05, 0.1) is 12.7 Å². The summed E-state index contributed by atoms with van der Waals surface area (Å²) in [5.41, 5.74) is 3.95. The highest BCUT2D eigenvalue weighted by atomic mass is 35.5. The van der Waals surface area contributed by atoms with Crippen LogP contribution in [0.5, 0.6) is 0 Å². The molecule has 1 aliphatic heterocycles. The van der Waals surface area contributed by atoms with Crippen LogP contribution in [0.15, 0.2) is 33.0 Å². The van der Waals surface area contributed by atoms with Crippen molar-refractivity contribution in [1.29, 1.82) is 0 Å². The van der Waals surface area contributed by atoms with Crippen molar-refractivity contribution in [2.75, 3.05) is 16.6 Å². The van der Waals surface area contributed by atoms with E-state index in [2.05, 4.69) is 15.2 Å². The van der Waals surface area contributed by atoms with Gasteiger partial charge in [0.1, 0.15) is 20.5 Å². The molecule has 1 aliphatic rings. The fourth-order valence-corrected chi connectivity index (χ4v) is 5.76. The van der Waals surface area contributed by atoms with Crippen LogP contribution in [-0.2, 0) is 21.2 Å². The molecule has 1 fully saturated rings. The first-order valence-corrected chi connectivity index (χ1v) is 12.1. The molecule has 11 heteroatoms. The lowest BCUT2D eigenvalue weighted by Gasteiger charge is -2.15. The number of thiophene rings is 1. The maximum Gasteiger partial charge on any atom is 0.267 e. The van der Waals surface area contributed by atoms with Gasteiger partial charge in [0.15, 0.2) is 0 Å². The molecule has 0 aliphatic carbocycles. The summed E-state index contributed by atoms with van der Waals surface area (Å²) in [6.07, 6.45) is 0.826. The van der Waals surface area contributed by atoms with Crippen LogP contribution in [0.25, 0.3) is 0 Å². The van der Waals surface area contributed by atoms with Crippen LogP contribution < -0.4 is 10.0 Å². The number of nitrogens with one attached hydrogen (secondary N) is 2. The molecule has 4 rings (SSSR count). The van der Waals surface area contributed by atoms with Crippen molar-refractivity contribution in [2.45, 2.75) is 38.2 Å². The van der Waals surface area contributed by atoms with Gasteiger partial charge in [-0.3, -0.25) is 4.79 Å². The van der Waals surface area contributed by atoms with Crippen LogP contribution in [0.2, 0.25) is 5.02 Å². The lowest BCUT2D eigenvalue weighted by molar-refractivity contribution is 0.102. The number of aromatic nitrogens is 1. The maximum absolute atomic E-state index is 13.1. The number of hydrogen-bond acceptors (Lipinski definition) is 7. The highest BCUT2D eigenvalue weighted by Gasteiger charge is 2.29. The predicted octanol–water partition coefficient (Wildman–Crippen LogP) is 4.31. The number of halogens is 1. The molecule has 8 nitrogen and oxygen atoms in total. The van der Waals surface area contributed by atoms with Crippen LogP contribution in [0.4, 0.5) is 11.6 Å². The Morgan fingerprint density at radius 1 is 1.32 bits per heavy atom. The zero-order valence-electron chi connectivity index (χ0n) is 17.0. The summed E-state index contributed by atoms with van der Waals surface area (Å²) in [5, 5.41) is 8.13. The van der Waals surface area contributed by atoms with E-state index in [0.29, 0.717) is 24.4 Å². The molecular weight excluding hydrogens is 462 g/mol. The van der Waals surface area contributed by atoms with Gasteiger partial charge < -0.3 is 14.6 Å². The van der Waals surface area contributed by atoms with E-state index >= 15 is 0 Å². The maximum atomic E-state index is 13.1. The summed E-state index contributed by atoms with van der Waals surface area (Å²) >= 11 is 7.04. The van der Waals surface area contributed by atoms with Gasteiger partial charge in [-0.2, -0.15) is 0 Å². The van der Waals surface area contributed by atoms with Crippen molar-refractivity contribution in [1.82, 2.24) is 5.16 Å². The molecule has 1 aromatic carbocycles. The topological polar surface area (TPSA) is 114 Å². The number of rotatable bonds is 7. The SMILES string of the molecule is Cc1cc(C)c(NC(=O)c2sccc2S(=O)(=O)Nc2onc(C)c2Cl)c(CC2CO2)c1. The molecule has 1 atom stereocenters. The fourth-order valence-electron chi connectivity index (χ4n) is 3.27. The third-order valence-corrected chi connectivity index (χ3v) is 7.65. The summed E-state index contributed by atoms with van der Waals surface area (Å²) < 4.78 is 38.3. The largest absolute Gasteiger partial charge is 0.373 e. The average Bonchev–Trinajstić information content (AvgIpc) is 3.26. The van der Waals surface area contributed by atoms with Gasteiger partial charge in [0.25, 0.3) is 21.8 Å². The van der Waals surface area contributed by atoms with Crippen LogP contribution >= 0.6 is 22.9 Å². The van der Waals surface area contributed by atoms with Gasteiger partial charge in [-0.05, 0) is 43.3 Å². The number of aryl methyl sites for hydroxylation is 3. The van der Waals surface area contributed by atoms with Crippen LogP contribution in [-0.4, -0.2) is 32.2 Å². The Hall–Kier alpha value is -2.40. The first kappa shape index (κ1) is 21.8. The molecule has 0 spiro atoms. The van der Waals surface area contributed by atoms with E-state index in [0.717, 1.165) is 28.0 Å². The third-order valence-electron chi connectivity index (χ3n) is 4.79. The first-order valence-electron chi connectivity index (χ1n) is 9.41. The molecule has 0 bridgehead atoms.